The number of nitrogens with two attached hydrogens (primary N) is 1. The van der Waals surface area contributed by atoms with E-state index in [0.717, 1.165) is 22.4 Å². The van der Waals surface area contributed by atoms with Crippen LogP contribution in [0.4, 0.5) is 5.69 Å². The number of rotatable bonds is 5. The molecule has 0 atom stereocenters. The summed E-state index contributed by atoms with van der Waals surface area (Å²) < 4.78 is 25.6. The Kier molecular flexibility index (Phi) is 5.58. The lowest BCUT2D eigenvalue weighted by Gasteiger charge is -2.08. The van der Waals surface area contributed by atoms with Gasteiger partial charge in [-0.25, -0.2) is 18.1 Å². The van der Waals surface area contributed by atoms with Gasteiger partial charge in [-0.05, 0) is 61.9 Å². The minimum atomic E-state index is -3.42. The molecule has 0 fully saturated rings. The summed E-state index contributed by atoms with van der Waals surface area (Å²) in [6.07, 6.45) is 0. The predicted octanol–water partition coefficient (Wildman–Crippen LogP) is 2.14. The highest BCUT2D eigenvalue weighted by molar-refractivity contribution is 7.89. The smallest absolute Gasteiger partial charge is 0.240 e. The summed E-state index contributed by atoms with van der Waals surface area (Å²) >= 11 is 0. The third-order valence-electron chi connectivity index (χ3n) is 3.43. The molecule has 0 unspecified atom stereocenters. The van der Waals surface area contributed by atoms with Crippen molar-refractivity contribution in [2.24, 2.45) is 10.7 Å². The molecule has 0 amide bonds. The standard InChI is InChI=1S/C17H22N4O2S/c1-12-8-13(2)10-15(9-12)21-17(18)20-11-14-4-6-16(7-5-14)24(22,23)19-3/h4-10,19H,11H2,1-3H3,(H3,18,20,21). The van der Waals surface area contributed by atoms with Crippen LogP contribution >= 0.6 is 0 Å². The van der Waals surface area contributed by atoms with Crippen molar-refractivity contribution in [2.45, 2.75) is 25.3 Å². The zero-order valence-electron chi connectivity index (χ0n) is 14.0. The third-order valence-corrected chi connectivity index (χ3v) is 4.86. The number of aryl methyl sites for hydroxylation is 2. The fraction of sp³-hybridized carbons (Fsp3) is 0.235. The van der Waals surface area contributed by atoms with Crippen molar-refractivity contribution in [2.75, 3.05) is 12.4 Å². The van der Waals surface area contributed by atoms with E-state index >= 15 is 0 Å². The van der Waals surface area contributed by atoms with Crippen LogP contribution < -0.4 is 15.8 Å². The lowest BCUT2D eigenvalue weighted by Crippen LogP contribution is -2.22. The van der Waals surface area contributed by atoms with Crippen molar-refractivity contribution in [1.82, 2.24) is 4.72 Å². The molecule has 4 N–H and O–H groups in total. The van der Waals surface area contributed by atoms with E-state index in [4.69, 9.17) is 5.73 Å². The molecule has 0 bridgehead atoms. The van der Waals surface area contributed by atoms with E-state index in [2.05, 4.69) is 21.1 Å². The number of anilines is 1. The van der Waals surface area contributed by atoms with E-state index in [9.17, 15) is 8.42 Å². The highest BCUT2D eigenvalue weighted by Gasteiger charge is 2.10. The lowest BCUT2D eigenvalue weighted by molar-refractivity contribution is 0.588. The molecule has 0 radical (unpaired) electrons. The molecular weight excluding hydrogens is 324 g/mol. The van der Waals surface area contributed by atoms with Crippen LogP contribution in [-0.2, 0) is 16.6 Å². The molecule has 0 heterocycles. The van der Waals surface area contributed by atoms with Gasteiger partial charge in [-0.2, -0.15) is 0 Å². The minimum Gasteiger partial charge on any atom is -0.370 e. The second-order valence-corrected chi connectivity index (χ2v) is 7.44. The Morgan fingerprint density at radius 1 is 1.08 bits per heavy atom. The molecule has 0 aliphatic heterocycles. The maximum atomic E-state index is 11.7. The van der Waals surface area contributed by atoms with Crippen LogP contribution in [-0.4, -0.2) is 21.4 Å². The largest absolute Gasteiger partial charge is 0.370 e. The first kappa shape index (κ1) is 18.0. The summed E-state index contributed by atoms with van der Waals surface area (Å²) in [5, 5.41) is 3.06. The molecule has 0 aliphatic rings. The summed E-state index contributed by atoms with van der Waals surface area (Å²) in [5.41, 5.74) is 9.96. The fourth-order valence-corrected chi connectivity index (χ4v) is 3.03. The van der Waals surface area contributed by atoms with Crippen molar-refractivity contribution in [1.29, 1.82) is 0 Å². The Labute approximate surface area is 142 Å². The summed E-state index contributed by atoms with van der Waals surface area (Å²) in [6, 6.07) is 12.6. The average Bonchev–Trinajstić information content (AvgIpc) is 2.52. The molecule has 0 saturated heterocycles. The first-order valence-electron chi connectivity index (χ1n) is 7.48. The van der Waals surface area contributed by atoms with E-state index in [1.165, 1.54) is 7.05 Å². The SMILES string of the molecule is CNS(=O)(=O)c1ccc(CN=C(N)Nc2cc(C)cc(C)c2)cc1. The summed E-state index contributed by atoms with van der Waals surface area (Å²) in [6.45, 7) is 4.40. The second kappa shape index (κ2) is 7.46. The zero-order valence-corrected chi connectivity index (χ0v) is 14.8. The van der Waals surface area contributed by atoms with Crippen molar-refractivity contribution in [3.63, 3.8) is 0 Å². The number of nitrogens with zero attached hydrogens (tertiary/aromatic N) is 1. The summed E-state index contributed by atoms with van der Waals surface area (Å²) in [7, 11) is -2.04. The molecule has 0 spiro atoms. The molecule has 0 aliphatic carbocycles. The van der Waals surface area contributed by atoms with E-state index in [1.54, 1.807) is 24.3 Å². The summed E-state index contributed by atoms with van der Waals surface area (Å²) in [4.78, 5) is 4.50. The normalized spacial score (nSPS) is 12.2. The van der Waals surface area contributed by atoms with Gasteiger partial charge in [0.2, 0.25) is 10.0 Å². The molecule has 2 aromatic carbocycles. The Morgan fingerprint density at radius 2 is 1.67 bits per heavy atom. The number of benzene rings is 2. The van der Waals surface area contributed by atoms with Crippen LogP contribution in [0.1, 0.15) is 16.7 Å². The Bertz CT molecular complexity index is 823. The highest BCUT2D eigenvalue weighted by atomic mass is 32.2. The van der Waals surface area contributed by atoms with Crippen LogP contribution in [0.2, 0.25) is 0 Å². The minimum absolute atomic E-state index is 0.221. The number of sulfonamides is 1. The number of hydrogen-bond donors (Lipinski definition) is 3. The number of aliphatic imine (C=N–C) groups is 1. The number of hydrogen-bond acceptors (Lipinski definition) is 3. The monoisotopic (exact) mass is 346 g/mol. The van der Waals surface area contributed by atoms with E-state index in [-0.39, 0.29) is 4.90 Å². The maximum absolute atomic E-state index is 11.7. The van der Waals surface area contributed by atoms with Gasteiger partial charge in [0.25, 0.3) is 0 Å². The van der Waals surface area contributed by atoms with Gasteiger partial charge in [0.05, 0.1) is 11.4 Å². The molecule has 128 valence electrons. The topological polar surface area (TPSA) is 96.6 Å². The van der Waals surface area contributed by atoms with Crippen molar-refractivity contribution in [3.05, 3.63) is 59.2 Å². The van der Waals surface area contributed by atoms with Crippen molar-refractivity contribution < 1.29 is 8.42 Å². The van der Waals surface area contributed by atoms with Gasteiger partial charge in [-0.15, -0.1) is 0 Å². The number of nitrogens with one attached hydrogen (secondary N) is 2. The van der Waals surface area contributed by atoms with Crippen LogP contribution in [0.3, 0.4) is 0 Å². The van der Waals surface area contributed by atoms with E-state index < -0.39 is 10.0 Å². The molecule has 2 aromatic rings. The Balaban J connectivity index is 2.04. The molecule has 6 nitrogen and oxygen atoms in total. The van der Waals surface area contributed by atoms with E-state index in [0.29, 0.717) is 12.5 Å². The quantitative estimate of drug-likeness (QED) is 0.571. The first-order chi connectivity index (χ1) is 11.3. The van der Waals surface area contributed by atoms with Gasteiger partial charge < -0.3 is 11.1 Å². The number of guanidine groups is 1. The Morgan fingerprint density at radius 3 is 2.21 bits per heavy atom. The van der Waals surface area contributed by atoms with Crippen molar-refractivity contribution in [3.8, 4) is 0 Å². The van der Waals surface area contributed by atoms with Gasteiger partial charge in [0.1, 0.15) is 0 Å². The maximum Gasteiger partial charge on any atom is 0.240 e. The zero-order chi connectivity index (χ0) is 17.7. The molecule has 7 heteroatoms. The molecule has 24 heavy (non-hydrogen) atoms. The highest BCUT2D eigenvalue weighted by Crippen LogP contribution is 2.14. The fourth-order valence-electron chi connectivity index (χ4n) is 2.30. The predicted molar refractivity (Wildman–Crippen MR) is 97.6 cm³/mol. The molecule has 0 saturated carbocycles. The second-order valence-electron chi connectivity index (χ2n) is 5.55. The Hall–Kier alpha value is -2.38. The van der Waals surface area contributed by atoms with Gasteiger partial charge in [-0.3, -0.25) is 0 Å². The van der Waals surface area contributed by atoms with Gasteiger partial charge in [-0.1, -0.05) is 18.2 Å². The summed E-state index contributed by atoms with van der Waals surface area (Å²) in [5.74, 6) is 0.312. The van der Waals surface area contributed by atoms with Crippen LogP contribution in [0.25, 0.3) is 0 Å². The lowest BCUT2D eigenvalue weighted by atomic mass is 10.1. The third kappa shape index (κ3) is 4.81. The van der Waals surface area contributed by atoms with Gasteiger partial charge >= 0.3 is 0 Å². The van der Waals surface area contributed by atoms with Gasteiger partial charge in [0.15, 0.2) is 5.96 Å². The van der Waals surface area contributed by atoms with Crippen molar-refractivity contribution >= 4 is 21.7 Å². The molecule has 2 rings (SSSR count). The van der Waals surface area contributed by atoms with E-state index in [1.807, 2.05) is 26.0 Å². The van der Waals surface area contributed by atoms with Crippen LogP contribution in [0, 0.1) is 13.8 Å². The molecular formula is C17H22N4O2S. The van der Waals surface area contributed by atoms with Crippen LogP contribution in [0.15, 0.2) is 52.4 Å². The first-order valence-corrected chi connectivity index (χ1v) is 8.96. The van der Waals surface area contributed by atoms with Gasteiger partial charge in [0, 0.05) is 5.69 Å². The molecule has 0 aromatic heterocycles. The average molecular weight is 346 g/mol. The van der Waals surface area contributed by atoms with Crippen LogP contribution in [0.5, 0.6) is 0 Å².